The van der Waals surface area contributed by atoms with Crippen LogP contribution in [0.4, 0.5) is 10.3 Å². The van der Waals surface area contributed by atoms with E-state index >= 15 is 0 Å². The summed E-state index contributed by atoms with van der Waals surface area (Å²) in [4.78, 5) is 20.4. The highest BCUT2D eigenvalue weighted by Crippen LogP contribution is 2.21. The Morgan fingerprint density at radius 3 is 2.08 bits per heavy atom. The van der Waals surface area contributed by atoms with E-state index in [1.807, 2.05) is 55.4 Å². The van der Waals surface area contributed by atoms with E-state index in [2.05, 4.69) is 27.9 Å². The second-order valence-corrected chi connectivity index (χ2v) is 5.60. The first-order chi connectivity index (χ1) is 17.5. The number of methoxy groups -OCH3 is 1. The number of nitrogens with zero attached hydrogens (tertiary/aromatic N) is 2. The monoisotopic (exact) mass is 527 g/mol. The Labute approximate surface area is 225 Å². The predicted molar refractivity (Wildman–Crippen MR) is 158 cm³/mol. The average Bonchev–Trinajstić information content (AvgIpc) is 2.94. The Kier molecular flexibility index (Phi) is 34.6. The Morgan fingerprint density at radius 1 is 1.06 bits per heavy atom. The fraction of sp³-hybridized carbons (Fsp3) is 0.536. The molecule has 1 N–H and O–H groups in total. The molecule has 0 aliphatic heterocycles. The first-order valence-electron chi connectivity index (χ1n) is 12.7. The molecule has 1 aromatic carbocycles. The van der Waals surface area contributed by atoms with Crippen molar-refractivity contribution in [3.8, 4) is 5.75 Å². The predicted octanol–water partition coefficient (Wildman–Crippen LogP) is 8.03. The SMILES string of the molecule is CC.CC.CC.CC.COCCCNc1ncc(/C=C(/Oc2ccccc2F)C(C)=O)c(C)n1.CS. The number of carbonyl (C=O) groups is 1. The quantitative estimate of drug-likeness (QED) is 0.149. The Bertz CT molecular complexity index is 803. The van der Waals surface area contributed by atoms with Crippen molar-refractivity contribution < 1.29 is 18.7 Å². The van der Waals surface area contributed by atoms with Gasteiger partial charge in [-0.1, -0.05) is 67.5 Å². The fourth-order valence-electron chi connectivity index (χ4n) is 2.11. The molecule has 0 fully saturated rings. The van der Waals surface area contributed by atoms with Crippen LogP contribution in [0.2, 0.25) is 0 Å². The number of halogens is 1. The molecule has 0 unspecified atom stereocenters. The van der Waals surface area contributed by atoms with E-state index in [1.165, 1.54) is 25.1 Å². The van der Waals surface area contributed by atoms with Gasteiger partial charge < -0.3 is 14.8 Å². The lowest BCUT2D eigenvalue weighted by molar-refractivity contribution is -0.115. The molecule has 6 nitrogen and oxygen atoms in total. The summed E-state index contributed by atoms with van der Waals surface area (Å²) in [5, 5.41) is 3.10. The van der Waals surface area contributed by atoms with Gasteiger partial charge in [-0.2, -0.15) is 12.6 Å². The number of thiol groups is 1. The molecule has 0 aliphatic rings. The van der Waals surface area contributed by atoms with E-state index in [1.54, 1.807) is 38.6 Å². The number of aromatic nitrogens is 2. The number of benzene rings is 1. The Hall–Kier alpha value is -2.45. The molecule has 2 aromatic rings. The normalized spacial score (nSPS) is 9.00. The molecule has 0 saturated carbocycles. The first kappa shape index (κ1) is 40.7. The average molecular weight is 528 g/mol. The molecule has 208 valence electrons. The number of anilines is 1. The lowest BCUT2D eigenvalue weighted by Gasteiger charge is -2.10. The molecular formula is C28H50FN3O3S. The van der Waals surface area contributed by atoms with E-state index in [0.717, 1.165) is 6.42 Å². The van der Waals surface area contributed by atoms with Gasteiger partial charge in [0.1, 0.15) is 0 Å². The molecule has 0 radical (unpaired) electrons. The van der Waals surface area contributed by atoms with Crippen LogP contribution < -0.4 is 10.1 Å². The van der Waals surface area contributed by atoms with Gasteiger partial charge in [-0.3, -0.25) is 4.79 Å². The van der Waals surface area contributed by atoms with Crippen LogP contribution >= 0.6 is 12.6 Å². The van der Waals surface area contributed by atoms with Crippen LogP contribution in [0.25, 0.3) is 6.08 Å². The van der Waals surface area contributed by atoms with Crippen molar-refractivity contribution in [2.45, 2.75) is 75.7 Å². The number of para-hydroxylation sites is 1. The number of rotatable bonds is 9. The number of carbonyl (C=O) groups excluding carboxylic acids is 1. The molecule has 0 aliphatic carbocycles. The van der Waals surface area contributed by atoms with Crippen molar-refractivity contribution in [3.63, 3.8) is 0 Å². The maximum Gasteiger partial charge on any atom is 0.222 e. The van der Waals surface area contributed by atoms with Gasteiger partial charge in [-0.25, -0.2) is 14.4 Å². The summed E-state index contributed by atoms with van der Waals surface area (Å²) >= 11 is 3.53. The van der Waals surface area contributed by atoms with E-state index in [4.69, 9.17) is 9.47 Å². The maximum absolute atomic E-state index is 13.8. The van der Waals surface area contributed by atoms with E-state index in [9.17, 15) is 9.18 Å². The molecule has 1 aromatic heterocycles. The third-order valence-electron chi connectivity index (χ3n) is 3.52. The number of Topliss-reactive ketones (excluding diaryl/α,β-unsaturated/α-hetero) is 1. The van der Waals surface area contributed by atoms with Crippen molar-refractivity contribution in [2.24, 2.45) is 0 Å². The summed E-state index contributed by atoms with van der Waals surface area (Å²) in [6.07, 6.45) is 5.64. The minimum absolute atomic E-state index is 0.0102. The molecule has 2 rings (SSSR count). The van der Waals surface area contributed by atoms with Crippen LogP contribution in [0, 0.1) is 12.7 Å². The summed E-state index contributed by atoms with van der Waals surface area (Å²) in [6.45, 7) is 20.5. The fourth-order valence-corrected chi connectivity index (χ4v) is 2.11. The summed E-state index contributed by atoms with van der Waals surface area (Å²) in [5.74, 6) is -0.362. The van der Waals surface area contributed by atoms with Crippen LogP contribution in [0.15, 0.2) is 36.2 Å². The largest absolute Gasteiger partial charge is 0.451 e. The second kappa shape index (κ2) is 30.6. The van der Waals surface area contributed by atoms with Gasteiger partial charge in [0.25, 0.3) is 0 Å². The van der Waals surface area contributed by atoms with E-state index < -0.39 is 5.82 Å². The molecule has 0 spiro atoms. The summed E-state index contributed by atoms with van der Waals surface area (Å²) in [6, 6.07) is 5.91. The minimum Gasteiger partial charge on any atom is -0.451 e. The van der Waals surface area contributed by atoms with Crippen LogP contribution in [-0.4, -0.2) is 42.3 Å². The molecule has 0 bridgehead atoms. The van der Waals surface area contributed by atoms with Gasteiger partial charge in [-0.15, -0.1) is 0 Å². The zero-order chi connectivity index (χ0) is 28.9. The molecule has 0 saturated heterocycles. The molecule has 0 amide bonds. The highest BCUT2D eigenvalue weighted by Gasteiger charge is 2.12. The lowest BCUT2D eigenvalue weighted by Crippen LogP contribution is -2.09. The number of ether oxygens (including phenoxy) is 2. The molecule has 1 heterocycles. The van der Waals surface area contributed by atoms with Crippen molar-refractivity contribution in [2.75, 3.05) is 31.8 Å². The molecule has 8 heteroatoms. The molecular weight excluding hydrogens is 477 g/mol. The van der Waals surface area contributed by atoms with Crippen molar-refractivity contribution >= 4 is 30.4 Å². The highest BCUT2D eigenvalue weighted by molar-refractivity contribution is 7.79. The maximum atomic E-state index is 13.8. The van der Waals surface area contributed by atoms with Gasteiger partial charge in [0.15, 0.2) is 23.1 Å². The standard InChI is InChI=1S/C19H22FN3O3.4C2H6.CH4S/c1-13-15(12-22-19(23-13)21-9-6-10-25-3)11-18(14(2)24)26-17-8-5-4-7-16(17)20;5*1-2/h4-5,7-8,11-12H,6,9-10H2,1-3H3,(H,21,22,23);4*1-2H3;2H,1H3/b18-11+;;;;;. The Morgan fingerprint density at radius 2 is 1.61 bits per heavy atom. The van der Waals surface area contributed by atoms with Gasteiger partial charge in [-0.05, 0) is 37.8 Å². The van der Waals surface area contributed by atoms with Gasteiger partial charge >= 0.3 is 0 Å². The zero-order valence-corrected chi connectivity index (χ0v) is 25.4. The number of ketones is 1. The Balaban J connectivity index is -0.000000456. The number of aryl methyl sites for hydroxylation is 1. The van der Waals surface area contributed by atoms with Gasteiger partial charge in [0.2, 0.25) is 5.95 Å². The van der Waals surface area contributed by atoms with Crippen LogP contribution in [0.5, 0.6) is 5.75 Å². The van der Waals surface area contributed by atoms with E-state index in [-0.39, 0.29) is 17.3 Å². The number of nitrogens with one attached hydrogen (secondary N) is 1. The number of hydrogen-bond donors (Lipinski definition) is 2. The van der Waals surface area contributed by atoms with Crippen molar-refractivity contribution in [3.05, 3.63) is 53.3 Å². The van der Waals surface area contributed by atoms with Crippen LogP contribution in [0.1, 0.15) is 80.0 Å². The smallest absolute Gasteiger partial charge is 0.222 e. The van der Waals surface area contributed by atoms with E-state index in [0.29, 0.717) is 30.4 Å². The summed E-state index contributed by atoms with van der Waals surface area (Å²) in [5.41, 5.74) is 1.29. The van der Waals surface area contributed by atoms with Gasteiger partial charge in [0.05, 0.1) is 5.69 Å². The number of hydrogen-bond acceptors (Lipinski definition) is 7. The molecule has 36 heavy (non-hydrogen) atoms. The third kappa shape index (κ3) is 18.8. The van der Waals surface area contributed by atoms with Crippen molar-refractivity contribution in [1.82, 2.24) is 9.97 Å². The van der Waals surface area contributed by atoms with Crippen LogP contribution in [0.3, 0.4) is 0 Å². The van der Waals surface area contributed by atoms with Crippen molar-refractivity contribution in [1.29, 1.82) is 0 Å². The topological polar surface area (TPSA) is 73.3 Å². The molecule has 0 atom stereocenters. The third-order valence-corrected chi connectivity index (χ3v) is 3.52. The zero-order valence-electron chi connectivity index (χ0n) is 24.5. The highest BCUT2D eigenvalue weighted by atomic mass is 32.1. The summed E-state index contributed by atoms with van der Waals surface area (Å²) < 4.78 is 24.2. The minimum atomic E-state index is -0.539. The van der Waals surface area contributed by atoms with Crippen LogP contribution in [-0.2, 0) is 9.53 Å². The first-order valence-corrected chi connectivity index (χ1v) is 13.6. The van der Waals surface area contributed by atoms with Gasteiger partial charge in [0, 0.05) is 38.9 Å². The second-order valence-electron chi connectivity index (χ2n) is 5.60. The summed E-state index contributed by atoms with van der Waals surface area (Å²) in [7, 11) is 1.65. The lowest BCUT2D eigenvalue weighted by atomic mass is 10.2. The number of allylic oxidation sites excluding steroid dienone is 1.